The maximum absolute atomic E-state index is 9.77. The van der Waals surface area contributed by atoms with Crippen molar-refractivity contribution in [3.05, 3.63) is 18.5 Å². The highest BCUT2D eigenvalue weighted by Crippen LogP contribution is 2.41. The SMILES string of the molecule is CCCNC(CO)(CSc1ncccn1)C1CC1. The second kappa shape index (κ2) is 6.50. The summed E-state index contributed by atoms with van der Waals surface area (Å²) in [4.78, 5) is 8.44. The molecule has 2 rings (SSSR count). The number of aliphatic hydroxyl groups is 1. The van der Waals surface area contributed by atoms with Crippen LogP contribution in [0, 0.1) is 5.92 Å². The minimum absolute atomic E-state index is 0.153. The minimum Gasteiger partial charge on any atom is -0.394 e. The summed E-state index contributed by atoms with van der Waals surface area (Å²) in [5, 5.41) is 14.1. The van der Waals surface area contributed by atoms with Gasteiger partial charge in [-0.05, 0) is 37.8 Å². The summed E-state index contributed by atoms with van der Waals surface area (Å²) in [6.45, 7) is 3.29. The third-order valence-corrected chi connectivity index (χ3v) is 4.50. The van der Waals surface area contributed by atoms with Crippen molar-refractivity contribution < 1.29 is 5.11 Å². The van der Waals surface area contributed by atoms with Crippen molar-refractivity contribution in [3.8, 4) is 0 Å². The van der Waals surface area contributed by atoms with E-state index in [0.717, 1.165) is 23.9 Å². The molecule has 1 aromatic rings. The molecule has 100 valence electrons. The number of hydrogen-bond donors (Lipinski definition) is 2. The van der Waals surface area contributed by atoms with Crippen LogP contribution in [0.2, 0.25) is 0 Å². The molecule has 0 radical (unpaired) electrons. The van der Waals surface area contributed by atoms with Crippen LogP contribution in [-0.4, -0.2) is 39.5 Å². The molecule has 0 saturated heterocycles. The second-order valence-corrected chi connectivity index (χ2v) is 5.78. The Morgan fingerprint density at radius 1 is 1.44 bits per heavy atom. The quantitative estimate of drug-likeness (QED) is 0.555. The summed E-state index contributed by atoms with van der Waals surface area (Å²) in [7, 11) is 0. The normalized spacial score (nSPS) is 18.6. The smallest absolute Gasteiger partial charge is 0.187 e. The molecule has 2 N–H and O–H groups in total. The van der Waals surface area contributed by atoms with Crippen molar-refractivity contribution in [2.45, 2.75) is 36.9 Å². The number of nitrogens with one attached hydrogen (secondary N) is 1. The van der Waals surface area contributed by atoms with Gasteiger partial charge in [-0.3, -0.25) is 0 Å². The lowest BCUT2D eigenvalue weighted by atomic mass is 9.96. The first-order chi connectivity index (χ1) is 8.80. The predicted molar refractivity (Wildman–Crippen MR) is 73.6 cm³/mol. The fourth-order valence-electron chi connectivity index (χ4n) is 2.11. The number of nitrogens with zero attached hydrogens (tertiary/aromatic N) is 2. The van der Waals surface area contributed by atoms with E-state index in [1.165, 1.54) is 12.8 Å². The molecular weight excluding hydrogens is 246 g/mol. The summed E-state index contributed by atoms with van der Waals surface area (Å²) < 4.78 is 0. The Hall–Kier alpha value is -0.650. The van der Waals surface area contributed by atoms with E-state index in [1.54, 1.807) is 24.2 Å². The zero-order chi connectivity index (χ0) is 12.8. The van der Waals surface area contributed by atoms with Gasteiger partial charge in [-0.25, -0.2) is 9.97 Å². The van der Waals surface area contributed by atoms with Crippen LogP contribution in [0.1, 0.15) is 26.2 Å². The lowest BCUT2D eigenvalue weighted by Gasteiger charge is -2.33. The molecule has 0 spiro atoms. The topological polar surface area (TPSA) is 58.0 Å². The molecule has 1 atom stereocenters. The maximum Gasteiger partial charge on any atom is 0.187 e. The summed E-state index contributed by atoms with van der Waals surface area (Å²) in [6, 6.07) is 1.82. The molecule has 1 aliphatic rings. The summed E-state index contributed by atoms with van der Waals surface area (Å²) >= 11 is 1.63. The molecule has 1 saturated carbocycles. The van der Waals surface area contributed by atoms with Gasteiger partial charge in [0.1, 0.15) is 0 Å². The Morgan fingerprint density at radius 2 is 2.17 bits per heavy atom. The molecule has 1 unspecified atom stereocenters. The van der Waals surface area contributed by atoms with Crippen LogP contribution in [0.25, 0.3) is 0 Å². The third kappa shape index (κ3) is 3.43. The van der Waals surface area contributed by atoms with E-state index >= 15 is 0 Å². The van der Waals surface area contributed by atoms with Gasteiger partial charge in [-0.2, -0.15) is 0 Å². The highest BCUT2D eigenvalue weighted by atomic mass is 32.2. The highest BCUT2D eigenvalue weighted by molar-refractivity contribution is 7.99. The van der Waals surface area contributed by atoms with Crippen LogP contribution in [-0.2, 0) is 0 Å². The van der Waals surface area contributed by atoms with Gasteiger partial charge >= 0.3 is 0 Å². The van der Waals surface area contributed by atoms with Gasteiger partial charge in [0.2, 0.25) is 0 Å². The minimum atomic E-state index is -0.153. The van der Waals surface area contributed by atoms with Gasteiger partial charge in [0.25, 0.3) is 0 Å². The van der Waals surface area contributed by atoms with Crippen LogP contribution in [0.15, 0.2) is 23.6 Å². The van der Waals surface area contributed by atoms with Crippen molar-refractivity contribution in [3.63, 3.8) is 0 Å². The van der Waals surface area contributed by atoms with Gasteiger partial charge in [0.05, 0.1) is 12.1 Å². The number of hydrogen-bond acceptors (Lipinski definition) is 5. The molecule has 0 aromatic carbocycles. The van der Waals surface area contributed by atoms with Crippen molar-refractivity contribution in [1.82, 2.24) is 15.3 Å². The van der Waals surface area contributed by atoms with Crippen LogP contribution >= 0.6 is 11.8 Å². The van der Waals surface area contributed by atoms with Gasteiger partial charge < -0.3 is 10.4 Å². The van der Waals surface area contributed by atoms with E-state index in [-0.39, 0.29) is 12.1 Å². The predicted octanol–water partition coefficient (Wildman–Crippen LogP) is 1.71. The first-order valence-corrected chi connectivity index (χ1v) is 7.55. The van der Waals surface area contributed by atoms with E-state index < -0.39 is 0 Å². The maximum atomic E-state index is 9.77. The van der Waals surface area contributed by atoms with Crippen molar-refractivity contribution in [1.29, 1.82) is 0 Å². The van der Waals surface area contributed by atoms with Crippen LogP contribution in [0.4, 0.5) is 0 Å². The largest absolute Gasteiger partial charge is 0.394 e. The molecule has 1 aromatic heterocycles. The third-order valence-electron chi connectivity index (χ3n) is 3.37. The number of aliphatic hydroxyl groups excluding tert-OH is 1. The molecule has 0 bridgehead atoms. The molecular formula is C13H21N3OS. The monoisotopic (exact) mass is 267 g/mol. The van der Waals surface area contributed by atoms with Crippen LogP contribution in [0.5, 0.6) is 0 Å². The van der Waals surface area contributed by atoms with Crippen molar-refractivity contribution >= 4 is 11.8 Å². The first kappa shape index (κ1) is 13.8. The van der Waals surface area contributed by atoms with E-state index in [2.05, 4.69) is 22.2 Å². The average molecular weight is 267 g/mol. The van der Waals surface area contributed by atoms with E-state index in [9.17, 15) is 5.11 Å². The number of thioether (sulfide) groups is 1. The molecule has 1 fully saturated rings. The van der Waals surface area contributed by atoms with Crippen LogP contribution < -0.4 is 5.32 Å². The molecule has 1 heterocycles. The Labute approximate surface area is 113 Å². The summed E-state index contributed by atoms with van der Waals surface area (Å²) in [5.74, 6) is 1.43. The van der Waals surface area contributed by atoms with Gasteiger partial charge in [0.15, 0.2) is 5.16 Å². The van der Waals surface area contributed by atoms with E-state index in [4.69, 9.17) is 0 Å². The lowest BCUT2D eigenvalue weighted by Crippen LogP contribution is -2.53. The zero-order valence-corrected chi connectivity index (χ0v) is 11.6. The van der Waals surface area contributed by atoms with Gasteiger partial charge in [-0.15, -0.1) is 0 Å². The molecule has 18 heavy (non-hydrogen) atoms. The average Bonchev–Trinajstić information content (AvgIpc) is 3.26. The fourth-order valence-corrected chi connectivity index (χ4v) is 3.19. The Balaban J connectivity index is 1.96. The Bertz CT molecular complexity index is 359. The Kier molecular flexibility index (Phi) is 4.97. The van der Waals surface area contributed by atoms with Gasteiger partial charge in [0, 0.05) is 18.1 Å². The van der Waals surface area contributed by atoms with Crippen LogP contribution in [0.3, 0.4) is 0 Å². The number of aromatic nitrogens is 2. The highest BCUT2D eigenvalue weighted by Gasteiger charge is 2.44. The van der Waals surface area contributed by atoms with E-state index in [0.29, 0.717) is 5.92 Å². The van der Waals surface area contributed by atoms with Crippen molar-refractivity contribution in [2.24, 2.45) is 5.92 Å². The zero-order valence-electron chi connectivity index (χ0n) is 10.8. The standard InChI is InChI=1S/C13H21N3OS/c1-2-6-16-13(9-17,11-4-5-11)10-18-12-14-7-3-8-15-12/h3,7-8,11,16-17H,2,4-6,9-10H2,1H3. The summed E-state index contributed by atoms with van der Waals surface area (Å²) in [6.07, 6.45) is 7.03. The first-order valence-electron chi connectivity index (χ1n) is 6.56. The molecule has 4 nitrogen and oxygen atoms in total. The number of rotatable bonds is 8. The van der Waals surface area contributed by atoms with Crippen molar-refractivity contribution in [2.75, 3.05) is 18.9 Å². The fraction of sp³-hybridized carbons (Fsp3) is 0.692. The lowest BCUT2D eigenvalue weighted by molar-refractivity contribution is 0.159. The van der Waals surface area contributed by atoms with E-state index in [1.807, 2.05) is 6.07 Å². The summed E-state index contributed by atoms with van der Waals surface area (Å²) in [5.41, 5.74) is -0.153. The van der Waals surface area contributed by atoms with Gasteiger partial charge in [-0.1, -0.05) is 18.7 Å². The second-order valence-electron chi connectivity index (χ2n) is 4.84. The molecule has 0 aliphatic heterocycles. The molecule has 5 heteroatoms. The Morgan fingerprint density at radius 3 is 2.72 bits per heavy atom. The molecule has 1 aliphatic carbocycles. The molecule has 0 amide bonds.